The highest BCUT2D eigenvalue weighted by atomic mass is 127. The van der Waals surface area contributed by atoms with Crippen LogP contribution in [0.25, 0.3) is 0 Å². The smallest absolute Gasteiger partial charge is 0.163 e. The van der Waals surface area contributed by atoms with Crippen LogP contribution in [0.2, 0.25) is 0 Å². The van der Waals surface area contributed by atoms with Crippen LogP contribution in [0, 0.1) is 3.57 Å². The van der Waals surface area contributed by atoms with Gasteiger partial charge in [0, 0.05) is 10.1 Å². The Bertz CT molecular complexity index is 540. The second-order valence-corrected chi connectivity index (χ2v) is 5.70. The zero-order valence-corrected chi connectivity index (χ0v) is 13.4. The molecule has 5 heteroatoms. The second kappa shape index (κ2) is 5.50. The van der Waals surface area contributed by atoms with E-state index in [1.54, 1.807) is 24.9 Å². The molecule has 1 N–H and O–H groups in total. The topological polar surface area (TPSA) is 47.3 Å². The van der Waals surface area contributed by atoms with Gasteiger partial charge in [-0.05, 0) is 54.1 Å². The minimum absolute atomic E-state index is 0.602. The Morgan fingerprint density at radius 3 is 2.53 bits per heavy atom. The fraction of sp³-hybridized carbons (Fsp3) is 0.357. The molecule has 0 aliphatic heterocycles. The Balaban J connectivity index is 2.54. The van der Waals surface area contributed by atoms with Gasteiger partial charge in [0.1, 0.15) is 11.3 Å². The molecule has 0 spiro atoms. The van der Waals surface area contributed by atoms with Gasteiger partial charge in [-0.2, -0.15) is 5.10 Å². The molecule has 2 aromatic rings. The predicted molar refractivity (Wildman–Crippen MR) is 82.3 cm³/mol. The maximum Gasteiger partial charge on any atom is 0.163 e. The number of ether oxygens (including phenoxy) is 1. The molecule has 2 rings (SSSR count). The molecule has 0 aliphatic rings. The average Bonchev–Trinajstić information content (AvgIpc) is 2.82. The van der Waals surface area contributed by atoms with Gasteiger partial charge in [0.2, 0.25) is 0 Å². The number of methoxy groups -OCH3 is 1. The van der Waals surface area contributed by atoms with Crippen molar-refractivity contribution in [2.45, 2.75) is 26.0 Å². The van der Waals surface area contributed by atoms with E-state index in [1.165, 1.54) is 0 Å². The van der Waals surface area contributed by atoms with E-state index in [4.69, 9.17) is 4.74 Å². The number of aliphatic hydroxyl groups is 1. The molecule has 0 amide bonds. The van der Waals surface area contributed by atoms with E-state index in [2.05, 4.69) is 27.7 Å². The summed E-state index contributed by atoms with van der Waals surface area (Å²) in [5, 5.41) is 15.2. The Morgan fingerprint density at radius 2 is 2.00 bits per heavy atom. The van der Waals surface area contributed by atoms with Crippen LogP contribution < -0.4 is 4.74 Å². The first-order chi connectivity index (χ1) is 9.00. The number of hydrogen-bond acceptors (Lipinski definition) is 3. The molecule has 102 valence electrons. The normalized spacial score (nSPS) is 14.2. The van der Waals surface area contributed by atoms with E-state index in [1.807, 2.05) is 31.2 Å². The number of aromatic nitrogens is 2. The molecule has 0 bridgehead atoms. The maximum atomic E-state index is 10.9. The third kappa shape index (κ3) is 2.62. The summed E-state index contributed by atoms with van der Waals surface area (Å²) in [6.07, 6.45) is 1.64. The van der Waals surface area contributed by atoms with Gasteiger partial charge in [0.25, 0.3) is 0 Å². The summed E-state index contributed by atoms with van der Waals surface area (Å²) in [5.74, 6) is 0.602. The molecule has 0 saturated carbocycles. The SMILES string of the molecule is CCn1ncc(OC)c1C(C)(O)c1ccc(I)cc1. The lowest BCUT2D eigenvalue weighted by molar-refractivity contribution is 0.0885. The molecule has 1 heterocycles. The van der Waals surface area contributed by atoms with Gasteiger partial charge in [-0.3, -0.25) is 4.68 Å². The Kier molecular flexibility index (Phi) is 4.15. The molecule has 0 aliphatic carbocycles. The van der Waals surface area contributed by atoms with Crippen LogP contribution in [0.1, 0.15) is 25.1 Å². The molecular weight excluding hydrogens is 355 g/mol. The monoisotopic (exact) mass is 372 g/mol. The maximum absolute atomic E-state index is 10.9. The molecule has 1 atom stereocenters. The van der Waals surface area contributed by atoms with Gasteiger partial charge < -0.3 is 9.84 Å². The second-order valence-electron chi connectivity index (χ2n) is 4.46. The molecular formula is C14H17IN2O2. The summed E-state index contributed by atoms with van der Waals surface area (Å²) in [6, 6.07) is 7.80. The Morgan fingerprint density at radius 1 is 1.37 bits per heavy atom. The summed E-state index contributed by atoms with van der Waals surface area (Å²) in [5.41, 5.74) is 0.363. The Labute approximate surface area is 126 Å². The van der Waals surface area contributed by atoms with Crippen LogP contribution in [0.3, 0.4) is 0 Å². The highest BCUT2D eigenvalue weighted by molar-refractivity contribution is 14.1. The van der Waals surface area contributed by atoms with E-state index in [9.17, 15) is 5.11 Å². The van der Waals surface area contributed by atoms with Gasteiger partial charge >= 0.3 is 0 Å². The van der Waals surface area contributed by atoms with Crippen LogP contribution in [0.5, 0.6) is 5.75 Å². The third-order valence-corrected chi connectivity index (χ3v) is 3.91. The molecule has 1 aromatic carbocycles. The standard InChI is InChI=1S/C14H17IN2O2/c1-4-17-13(12(19-3)9-16-17)14(2,18)10-5-7-11(15)8-6-10/h5-9,18H,4H2,1-3H3. The minimum Gasteiger partial charge on any atom is -0.493 e. The van der Waals surface area contributed by atoms with Gasteiger partial charge in [0.05, 0.1) is 13.3 Å². The minimum atomic E-state index is -1.14. The van der Waals surface area contributed by atoms with Crippen LogP contribution >= 0.6 is 22.6 Å². The lowest BCUT2D eigenvalue weighted by Gasteiger charge is -2.25. The van der Waals surface area contributed by atoms with E-state index in [0.29, 0.717) is 18.0 Å². The van der Waals surface area contributed by atoms with Gasteiger partial charge in [-0.25, -0.2) is 0 Å². The number of nitrogens with zero attached hydrogens (tertiary/aromatic N) is 2. The van der Waals surface area contributed by atoms with E-state index >= 15 is 0 Å². The van der Waals surface area contributed by atoms with Crippen molar-refractivity contribution in [3.8, 4) is 5.75 Å². The third-order valence-electron chi connectivity index (χ3n) is 3.19. The summed E-state index contributed by atoms with van der Waals surface area (Å²) in [6.45, 7) is 4.43. The quantitative estimate of drug-likeness (QED) is 0.840. The van der Waals surface area contributed by atoms with E-state index in [-0.39, 0.29) is 0 Å². The molecule has 1 aromatic heterocycles. The van der Waals surface area contributed by atoms with Crippen molar-refractivity contribution < 1.29 is 9.84 Å². The van der Waals surface area contributed by atoms with E-state index in [0.717, 1.165) is 9.13 Å². The number of aryl methyl sites for hydroxylation is 1. The van der Waals surface area contributed by atoms with E-state index < -0.39 is 5.60 Å². The zero-order chi connectivity index (χ0) is 14.0. The van der Waals surface area contributed by atoms with Crippen molar-refractivity contribution in [3.05, 3.63) is 45.3 Å². The van der Waals surface area contributed by atoms with Crippen molar-refractivity contribution >= 4 is 22.6 Å². The van der Waals surface area contributed by atoms with Crippen LogP contribution in [-0.4, -0.2) is 22.0 Å². The van der Waals surface area contributed by atoms with Crippen LogP contribution in [0.4, 0.5) is 0 Å². The fourth-order valence-corrected chi connectivity index (χ4v) is 2.52. The lowest BCUT2D eigenvalue weighted by atomic mass is 9.92. The van der Waals surface area contributed by atoms with Crippen LogP contribution in [-0.2, 0) is 12.1 Å². The zero-order valence-electron chi connectivity index (χ0n) is 11.2. The summed E-state index contributed by atoms with van der Waals surface area (Å²) in [4.78, 5) is 0. The van der Waals surface area contributed by atoms with Crippen molar-refractivity contribution in [1.29, 1.82) is 0 Å². The molecule has 0 fully saturated rings. The highest BCUT2D eigenvalue weighted by Gasteiger charge is 2.33. The number of hydrogen-bond donors (Lipinski definition) is 1. The summed E-state index contributed by atoms with van der Waals surface area (Å²) < 4.78 is 8.21. The number of halogens is 1. The van der Waals surface area contributed by atoms with Gasteiger partial charge in [-0.15, -0.1) is 0 Å². The van der Waals surface area contributed by atoms with Crippen LogP contribution in [0.15, 0.2) is 30.5 Å². The first kappa shape index (κ1) is 14.3. The molecule has 1 unspecified atom stereocenters. The first-order valence-corrected chi connectivity index (χ1v) is 7.17. The van der Waals surface area contributed by atoms with Crippen molar-refractivity contribution in [3.63, 3.8) is 0 Å². The summed E-state index contributed by atoms with van der Waals surface area (Å²) >= 11 is 2.24. The first-order valence-electron chi connectivity index (χ1n) is 6.09. The highest BCUT2D eigenvalue weighted by Crippen LogP contribution is 2.35. The molecule has 4 nitrogen and oxygen atoms in total. The predicted octanol–water partition coefficient (Wildman–Crippen LogP) is 2.77. The Hall–Kier alpha value is -1.08. The van der Waals surface area contributed by atoms with Gasteiger partial charge in [0.15, 0.2) is 5.75 Å². The fourth-order valence-electron chi connectivity index (χ4n) is 2.16. The van der Waals surface area contributed by atoms with Crippen molar-refractivity contribution in [2.75, 3.05) is 7.11 Å². The molecule has 0 radical (unpaired) electrons. The van der Waals surface area contributed by atoms with Gasteiger partial charge in [-0.1, -0.05) is 12.1 Å². The molecule has 0 saturated heterocycles. The van der Waals surface area contributed by atoms with Crippen molar-refractivity contribution in [2.24, 2.45) is 0 Å². The number of benzene rings is 1. The molecule has 19 heavy (non-hydrogen) atoms. The number of rotatable bonds is 4. The summed E-state index contributed by atoms with van der Waals surface area (Å²) in [7, 11) is 1.59. The van der Waals surface area contributed by atoms with Crippen molar-refractivity contribution in [1.82, 2.24) is 9.78 Å². The largest absolute Gasteiger partial charge is 0.493 e. The lowest BCUT2D eigenvalue weighted by Crippen LogP contribution is -2.27. The average molecular weight is 372 g/mol.